The fourth-order valence-corrected chi connectivity index (χ4v) is 2.99. The minimum Gasteiger partial charge on any atom is -0.384 e. The van der Waals surface area contributed by atoms with Gasteiger partial charge >= 0.3 is 0 Å². The molecular weight excluding hydrogens is 263 g/mol. The van der Waals surface area contributed by atoms with Crippen molar-refractivity contribution in [1.29, 1.82) is 0 Å². The van der Waals surface area contributed by atoms with Crippen LogP contribution in [0.4, 0.5) is 10.1 Å². The molecule has 0 saturated heterocycles. The van der Waals surface area contributed by atoms with Crippen LogP contribution in [0.5, 0.6) is 0 Å². The average Bonchev–Trinajstić information content (AvgIpc) is 2.87. The third-order valence-corrected chi connectivity index (χ3v) is 3.93. The highest BCUT2D eigenvalue weighted by molar-refractivity contribution is 6.36. The van der Waals surface area contributed by atoms with E-state index in [0.717, 1.165) is 49.0 Å². The molecule has 1 aliphatic rings. The SMILES string of the molecule is CCCNc1c2c(nc3c(F)ccc(Cl)c13)CCC2. The molecule has 2 nitrogen and oxygen atoms in total. The van der Waals surface area contributed by atoms with Gasteiger partial charge in [-0.05, 0) is 43.4 Å². The van der Waals surface area contributed by atoms with Gasteiger partial charge in [-0.1, -0.05) is 18.5 Å². The highest BCUT2D eigenvalue weighted by atomic mass is 35.5. The molecule has 1 heterocycles. The largest absolute Gasteiger partial charge is 0.384 e. The van der Waals surface area contributed by atoms with Crippen molar-refractivity contribution in [2.45, 2.75) is 32.6 Å². The van der Waals surface area contributed by atoms with E-state index in [1.54, 1.807) is 6.07 Å². The summed E-state index contributed by atoms with van der Waals surface area (Å²) in [5.41, 5.74) is 3.62. The minimum absolute atomic E-state index is 0.298. The maximum Gasteiger partial charge on any atom is 0.149 e. The van der Waals surface area contributed by atoms with Crippen LogP contribution in [0.15, 0.2) is 12.1 Å². The molecule has 0 saturated carbocycles. The lowest BCUT2D eigenvalue weighted by Crippen LogP contribution is -2.06. The first-order chi connectivity index (χ1) is 9.22. The molecule has 1 aromatic heterocycles. The van der Waals surface area contributed by atoms with E-state index < -0.39 is 0 Å². The molecule has 0 unspecified atom stereocenters. The molecule has 0 radical (unpaired) electrons. The van der Waals surface area contributed by atoms with Gasteiger partial charge in [-0.15, -0.1) is 0 Å². The second kappa shape index (κ2) is 4.97. The van der Waals surface area contributed by atoms with Crippen LogP contribution in [-0.4, -0.2) is 11.5 Å². The zero-order valence-corrected chi connectivity index (χ0v) is 11.6. The molecule has 1 aromatic carbocycles. The Morgan fingerprint density at radius 1 is 1.37 bits per heavy atom. The molecule has 19 heavy (non-hydrogen) atoms. The highest BCUT2D eigenvalue weighted by Crippen LogP contribution is 2.38. The Balaban J connectivity index is 2.31. The molecule has 0 bridgehead atoms. The van der Waals surface area contributed by atoms with E-state index in [0.29, 0.717) is 10.5 Å². The van der Waals surface area contributed by atoms with Gasteiger partial charge in [0.05, 0.1) is 10.7 Å². The first-order valence-electron chi connectivity index (χ1n) is 6.75. The third-order valence-electron chi connectivity index (χ3n) is 3.62. The number of aromatic nitrogens is 1. The van der Waals surface area contributed by atoms with Gasteiger partial charge in [0.15, 0.2) is 0 Å². The maximum atomic E-state index is 14.0. The van der Waals surface area contributed by atoms with Crippen molar-refractivity contribution in [3.63, 3.8) is 0 Å². The van der Waals surface area contributed by atoms with E-state index in [1.165, 1.54) is 11.6 Å². The van der Waals surface area contributed by atoms with Gasteiger partial charge in [0, 0.05) is 17.6 Å². The Kier molecular flexibility index (Phi) is 3.31. The quantitative estimate of drug-likeness (QED) is 0.903. The topological polar surface area (TPSA) is 24.9 Å². The number of nitrogens with zero attached hydrogens (tertiary/aromatic N) is 1. The molecule has 1 N–H and O–H groups in total. The zero-order valence-electron chi connectivity index (χ0n) is 10.9. The molecule has 0 atom stereocenters. The number of aryl methyl sites for hydroxylation is 1. The fraction of sp³-hybridized carbons (Fsp3) is 0.400. The number of benzene rings is 1. The van der Waals surface area contributed by atoms with Crippen LogP contribution in [0.3, 0.4) is 0 Å². The van der Waals surface area contributed by atoms with Gasteiger partial charge in [-0.3, -0.25) is 0 Å². The lowest BCUT2D eigenvalue weighted by atomic mass is 10.1. The lowest BCUT2D eigenvalue weighted by Gasteiger charge is -2.15. The van der Waals surface area contributed by atoms with Crippen molar-refractivity contribution in [2.75, 3.05) is 11.9 Å². The number of nitrogens with one attached hydrogen (secondary N) is 1. The summed E-state index contributed by atoms with van der Waals surface area (Å²) in [6.07, 6.45) is 4.03. The molecule has 4 heteroatoms. The van der Waals surface area contributed by atoms with E-state index in [2.05, 4.69) is 17.2 Å². The van der Waals surface area contributed by atoms with Crippen molar-refractivity contribution < 1.29 is 4.39 Å². The van der Waals surface area contributed by atoms with Gasteiger partial charge in [0.2, 0.25) is 0 Å². The molecule has 0 aliphatic heterocycles. The van der Waals surface area contributed by atoms with E-state index >= 15 is 0 Å². The van der Waals surface area contributed by atoms with E-state index in [-0.39, 0.29) is 5.82 Å². The molecular formula is C15H16ClFN2. The van der Waals surface area contributed by atoms with Crippen molar-refractivity contribution in [3.8, 4) is 0 Å². The number of hydrogen-bond donors (Lipinski definition) is 1. The van der Waals surface area contributed by atoms with Crippen LogP contribution in [0.2, 0.25) is 5.02 Å². The van der Waals surface area contributed by atoms with Crippen LogP contribution < -0.4 is 5.32 Å². The summed E-state index contributed by atoms with van der Waals surface area (Å²) in [6, 6.07) is 3.00. The number of anilines is 1. The smallest absolute Gasteiger partial charge is 0.149 e. The van der Waals surface area contributed by atoms with Gasteiger partial charge < -0.3 is 5.32 Å². The molecule has 3 rings (SSSR count). The summed E-state index contributed by atoms with van der Waals surface area (Å²) >= 11 is 6.27. The van der Waals surface area contributed by atoms with Crippen molar-refractivity contribution in [3.05, 3.63) is 34.2 Å². The normalized spacial score (nSPS) is 13.8. The summed E-state index contributed by atoms with van der Waals surface area (Å²) in [5.74, 6) is -0.298. The maximum absolute atomic E-state index is 14.0. The van der Waals surface area contributed by atoms with E-state index in [4.69, 9.17) is 11.6 Å². The summed E-state index contributed by atoms with van der Waals surface area (Å²) in [5, 5.41) is 4.71. The Bertz CT molecular complexity index is 640. The molecule has 2 aromatic rings. The zero-order chi connectivity index (χ0) is 13.4. The fourth-order valence-electron chi connectivity index (χ4n) is 2.74. The average molecular weight is 279 g/mol. The second-order valence-electron chi connectivity index (χ2n) is 4.95. The van der Waals surface area contributed by atoms with Gasteiger partial charge in [-0.25, -0.2) is 9.37 Å². The number of halogens is 2. The van der Waals surface area contributed by atoms with Crippen molar-refractivity contribution in [1.82, 2.24) is 4.98 Å². The number of fused-ring (bicyclic) bond motifs is 2. The molecule has 1 aliphatic carbocycles. The van der Waals surface area contributed by atoms with Gasteiger partial charge in [0.25, 0.3) is 0 Å². The highest BCUT2D eigenvalue weighted by Gasteiger charge is 2.22. The predicted molar refractivity (Wildman–Crippen MR) is 77.5 cm³/mol. The summed E-state index contributed by atoms with van der Waals surface area (Å²) in [6.45, 7) is 2.97. The standard InChI is InChI=1S/C15H16ClFN2/c1-2-8-18-14-9-4-3-5-12(9)19-15-11(17)7-6-10(16)13(14)15/h6-7H,2-5,8H2,1H3,(H,18,19). The minimum atomic E-state index is -0.298. The Morgan fingerprint density at radius 2 is 2.21 bits per heavy atom. The molecule has 100 valence electrons. The van der Waals surface area contributed by atoms with Crippen LogP contribution in [0, 0.1) is 5.82 Å². The summed E-state index contributed by atoms with van der Waals surface area (Å²) < 4.78 is 14.0. The van der Waals surface area contributed by atoms with Gasteiger partial charge in [0.1, 0.15) is 11.3 Å². The van der Waals surface area contributed by atoms with Crippen LogP contribution >= 0.6 is 11.6 Å². The van der Waals surface area contributed by atoms with Crippen molar-refractivity contribution in [2.24, 2.45) is 0 Å². The van der Waals surface area contributed by atoms with E-state index in [9.17, 15) is 4.39 Å². The molecule has 0 fully saturated rings. The molecule has 0 spiro atoms. The third kappa shape index (κ3) is 2.06. The summed E-state index contributed by atoms with van der Waals surface area (Å²) in [7, 11) is 0. The predicted octanol–water partition coefficient (Wildman–Crippen LogP) is 4.34. The Morgan fingerprint density at radius 3 is 3.00 bits per heavy atom. The lowest BCUT2D eigenvalue weighted by molar-refractivity contribution is 0.636. The van der Waals surface area contributed by atoms with E-state index in [1.807, 2.05) is 0 Å². The number of hydrogen-bond acceptors (Lipinski definition) is 2. The second-order valence-corrected chi connectivity index (χ2v) is 5.35. The first kappa shape index (κ1) is 12.7. The Hall–Kier alpha value is -1.35. The summed E-state index contributed by atoms with van der Waals surface area (Å²) in [4.78, 5) is 4.49. The number of rotatable bonds is 3. The Labute approximate surface area is 117 Å². The van der Waals surface area contributed by atoms with Crippen LogP contribution in [0.25, 0.3) is 10.9 Å². The number of pyridine rings is 1. The van der Waals surface area contributed by atoms with Crippen molar-refractivity contribution >= 4 is 28.2 Å². The van der Waals surface area contributed by atoms with Gasteiger partial charge in [-0.2, -0.15) is 0 Å². The monoisotopic (exact) mass is 278 g/mol. The van der Waals surface area contributed by atoms with Crippen LogP contribution in [-0.2, 0) is 12.8 Å². The molecule has 0 amide bonds. The first-order valence-corrected chi connectivity index (χ1v) is 7.13. The van der Waals surface area contributed by atoms with Crippen LogP contribution in [0.1, 0.15) is 31.0 Å².